The highest BCUT2D eigenvalue weighted by Gasteiger charge is 2.41. The van der Waals surface area contributed by atoms with E-state index in [1.807, 2.05) is 24.3 Å². The topological polar surface area (TPSA) is 161 Å². The highest BCUT2D eigenvalue weighted by molar-refractivity contribution is 6.33. The smallest absolute Gasteiger partial charge is 0.314 e. The van der Waals surface area contributed by atoms with Crippen LogP contribution in [0.5, 0.6) is 11.5 Å². The minimum Gasteiger partial charge on any atom is -0.506 e. The molecule has 0 spiro atoms. The Morgan fingerprint density at radius 1 is 1.06 bits per heavy atom. The van der Waals surface area contributed by atoms with Crippen LogP contribution in [0.3, 0.4) is 0 Å². The number of carbonyl (C=O) groups excluding carboxylic acids is 1. The molecule has 3 aromatic carbocycles. The molecule has 1 atom stereocenters. The van der Waals surface area contributed by atoms with Gasteiger partial charge in [-0.1, -0.05) is 61.2 Å². The van der Waals surface area contributed by atoms with Gasteiger partial charge in [-0.2, -0.15) is 0 Å². The Labute approximate surface area is 277 Å². The summed E-state index contributed by atoms with van der Waals surface area (Å²) in [7, 11) is 1.52. The number of carbonyl (C=O) groups is 2. The van der Waals surface area contributed by atoms with Crippen molar-refractivity contribution in [1.29, 1.82) is 0 Å². The minimum atomic E-state index is -0.933. The zero-order valence-electron chi connectivity index (χ0n) is 26.3. The number of nitrogens with one attached hydrogen (secondary N) is 3. The van der Waals surface area contributed by atoms with Crippen molar-refractivity contribution in [3.8, 4) is 11.5 Å². The standard InChI is InChI=1S/C36H40ClN3O7/c1-47-31-19-28(39-32(43)10-6-8-22-7-5-9-24(17-22)36(35(45)46)15-3-2-4-16-36)27(37)18-23(31)20-38-21-30(42)25-11-13-29(41)34-26(25)12-14-33(44)40-34/h5,7,9,11-14,17-19,30,38,41-42H,2-4,6,8,10,15-16,20-21H2,1H3,(H,39,43)(H,40,44)(H,45,46). The largest absolute Gasteiger partial charge is 0.506 e. The van der Waals surface area contributed by atoms with Gasteiger partial charge in [0.25, 0.3) is 0 Å². The molecule has 5 rings (SSSR count). The number of phenols is 1. The van der Waals surface area contributed by atoms with E-state index in [-0.39, 0.29) is 35.7 Å². The van der Waals surface area contributed by atoms with Crippen molar-refractivity contribution in [3.05, 3.63) is 98.3 Å². The molecule has 1 heterocycles. The number of hydrogen-bond donors (Lipinski definition) is 6. The number of hydrogen-bond acceptors (Lipinski definition) is 7. The molecule has 47 heavy (non-hydrogen) atoms. The summed E-state index contributed by atoms with van der Waals surface area (Å²) < 4.78 is 5.56. The minimum absolute atomic E-state index is 0.0803. The van der Waals surface area contributed by atoms with Crippen molar-refractivity contribution in [1.82, 2.24) is 10.3 Å². The molecule has 10 nitrogen and oxygen atoms in total. The fourth-order valence-electron chi connectivity index (χ4n) is 6.49. The Morgan fingerprint density at radius 2 is 1.85 bits per heavy atom. The number of aromatic hydroxyl groups is 1. The highest BCUT2D eigenvalue weighted by atomic mass is 35.5. The van der Waals surface area contributed by atoms with Crippen molar-refractivity contribution >= 4 is 40.1 Å². The molecule has 1 aromatic heterocycles. The summed E-state index contributed by atoms with van der Waals surface area (Å²) in [6.45, 7) is 0.474. The molecule has 1 saturated carbocycles. The van der Waals surface area contributed by atoms with E-state index in [9.17, 15) is 29.7 Å². The third-order valence-electron chi connectivity index (χ3n) is 9.03. The summed E-state index contributed by atoms with van der Waals surface area (Å²) in [6.07, 6.45) is 4.73. The van der Waals surface area contributed by atoms with E-state index in [0.29, 0.717) is 59.6 Å². The van der Waals surface area contributed by atoms with E-state index in [0.717, 1.165) is 36.0 Å². The molecule has 248 valence electrons. The fourth-order valence-corrected chi connectivity index (χ4v) is 6.73. The molecule has 6 N–H and O–H groups in total. The summed E-state index contributed by atoms with van der Waals surface area (Å²) in [5.74, 6) is -0.534. The molecule has 0 radical (unpaired) electrons. The number of H-pyrrole nitrogens is 1. The number of carboxylic acid groups (broad SMARTS) is 1. The Kier molecular flexibility index (Phi) is 10.9. The quantitative estimate of drug-likeness (QED) is 0.102. The van der Waals surface area contributed by atoms with Gasteiger partial charge < -0.3 is 35.7 Å². The molecule has 1 aliphatic carbocycles. The normalized spacial score (nSPS) is 14.9. The van der Waals surface area contributed by atoms with Crippen LogP contribution in [0.15, 0.2) is 65.5 Å². The van der Waals surface area contributed by atoms with Crippen LogP contribution in [0.2, 0.25) is 5.02 Å². The summed E-state index contributed by atoms with van der Waals surface area (Å²) in [5.41, 5.74) is 2.63. The second-order valence-corrected chi connectivity index (χ2v) is 12.5. The fraction of sp³-hybridized carbons (Fsp3) is 0.361. The Hall–Kier alpha value is -4.38. The molecule has 11 heteroatoms. The lowest BCUT2D eigenvalue weighted by molar-refractivity contribution is -0.145. The second kappa shape index (κ2) is 15.0. The maximum atomic E-state index is 12.8. The van der Waals surface area contributed by atoms with Gasteiger partial charge in [-0.15, -0.1) is 0 Å². The predicted molar refractivity (Wildman–Crippen MR) is 181 cm³/mol. The lowest BCUT2D eigenvalue weighted by Crippen LogP contribution is -2.37. The molecular weight excluding hydrogens is 622 g/mol. The van der Waals surface area contributed by atoms with Gasteiger partial charge >= 0.3 is 5.97 Å². The van der Waals surface area contributed by atoms with Crippen LogP contribution in [0.25, 0.3) is 10.9 Å². The molecule has 0 bridgehead atoms. The van der Waals surface area contributed by atoms with Crippen LogP contribution >= 0.6 is 11.6 Å². The van der Waals surface area contributed by atoms with E-state index >= 15 is 0 Å². The maximum absolute atomic E-state index is 12.8. The zero-order chi connectivity index (χ0) is 33.6. The summed E-state index contributed by atoms with van der Waals surface area (Å²) in [6, 6.07) is 17.1. The van der Waals surface area contributed by atoms with Crippen molar-refractivity contribution in [2.75, 3.05) is 19.0 Å². The number of aliphatic hydroxyl groups excluding tert-OH is 1. The number of aryl methyl sites for hydroxylation is 1. The number of aromatic amines is 1. The van der Waals surface area contributed by atoms with Crippen molar-refractivity contribution in [2.45, 2.75) is 69.4 Å². The van der Waals surface area contributed by atoms with Crippen LogP contribution in [-0.4, -0.2) is 45.8 Å². The van der Waals surface area contributed by atoms with Gasteiger partial charge in [0.2, 0.25) is 11.5 Å². The van der Waals surface area contributed by atoms with Gasteiger partial charge in [0, 0.05) is 42.6 Å². The Balaban J connectivity index is 1.16. The lowest BCUT2D eigenvalue weighted by Gasteiger charge is -2.34. The average molecular weight is 662 g/mol. The van der Waals surface area contributed by atoms with E-state index in [1.54, 1.807) is 24.3 Å². The Morgan fingerprint density at radius 3 is 2.60 bits per heavy atom. The van der Waals surface area contributed by atoms with Crippen LogP contribution in [0.1, 0.15) is 73.3 Å². The van der Waals surface area contributed by atoms with Gasteiger partial charge in [0.15, 0.2) is 0 Å². The first kappa shape index (κ1) is 34.0. The van der Waals surface area contributed by atoms with Gasteiger partial charge in [-0.05, 0) is 60.6 Å². The van der Waals surface area contributed by atoms with Crippen molar-refractivity contribution in [3.63, 3.8) is 0 Å². The monoisotopic (exact) mass is 661 g/mol. The van der Waals surface area contributed by atoms with Gasteiger partial charge in [0.1, 0.15) is 11.5 Å². The van der Waals surface area contributed by atoms with Crippen LogP contribution in [0, 0.1) is 0 Å². The van der Waals surface area contributed by atoms with E-state index in [2.05, 4.69) is 15.6 Å². The molecule has 1 aliphatic rings. The number of aliphatic carboxylic acids is 1. The maximum Gasteiger partial charge on any atom is 0.314 e. The zero-order valence-corrected chi connectivity index (χ0v) is 27.0. The molecule has 0 saturated heterocycles. The summed E-state index contributed by atoms with van der Waals surface area (Å²) in [4.78, 5) is 39.4. The summed E-state index contributed by atoms with van der Waals surface area (Å²) in [5, 5.41) is 38.0. The Bertz CT molecular complexity index is 1820. The number of methoxy groups -OCH3 is 1. The molecule has 1 amide bonds. The van der Waals surface area contributed by atoms with E-state index < -0.39 is 17.5 Å². The summed E-state index contributed by atoms with van der Waals surface area (Å²) >= 11 is 6.54. The van der Waals surface area contributed by atoms with Crippen molar-refractivity contribution < 1.29 is 29.6 Å². The van der Waals surface area contributed by atoms with Gasteiger partial charge in [0.05, 0.1) is 34.9 Å². The first-order valence-electron chi connectivity index (χ1n) is 15.8. The number of pyridine rings is 1. The molecule has 4 aromatic rings. The first-order chi connectivity index (χ1) is 22.6. The number of rotatable bonds is 13. The average Bonchev–Trinajstić information content (AvgIpc) is 3.06. The number of carboxylic acids is 1. The van der Waals surface area contributed by atoms with E-state index in [1.165, 1.54) is 19.2 Å². The number of fused-ring (bicyclic) bond motifs is 1. The number of halogens is 1. The van der Waals surface area contributed by atoms with Crippen LogP contribution in [-0.2, 0) is 28.0 Å². The molecule has 1 fully saturated rings. The molecular formula is C36H40ClN3O7. The number of phenolic OH excluding ortho intramolecular Hbond substituents is 1. The highest BCUT2D eigenvalue weighted by Crippen LogP contribution is 2.40. The van der Waals surface area contributed by atoms with Crippen molar-refractivity contribution in [2.24, 2.45) is 0 Å². The number of aliphatic hydroxyl groups is 1. The van der Waals surface area contributed by atoms with E-state index in [4.69, 9.17) is 16.3 Å². The number of benzene rings is 3. The molecule has 1 unspecified atom stereocenters. The van der Waals surface area contributed by atoms with Crippen LogP contribution < -0.4 is 20.9 Å². The lowest BCUT2D eigenvalue weighted by atomic mass is 9.69. The van der Waals surface area contributed by atoms with Gasteiger partial charge in [-0.3, -0.25) is 14.4 Å². The number of aromatic nitrogens is 1. The third-order valence-corrected chi connectivity index (χ3v) is 9.34. The number of anilines is 1. The van der Waals surface area contributed by atoms with Crippen LogP contribution in [0.4, 0.5) is 5.69 Å². The third kappa shape index (κ3) is 7.78. The number of ether oxygens (including phenoxy) is 1. The second-order valence-electron chi connectivity index (χ2n) is 12.1. The predicted octanol–water partition coefficient (Wildman–Crippen LogP) is 5.97. The van der Waals surface area contributed by atoms with Gasteiger partial charge in [-0.25, -0.2) is 0 Å². The number of amides is 1. The SMILES string of the molecule is COc1cc(NC(=O)CCCc2cccc(C3(C(=O)O)CCCCC3)c2)c(Cl)cc1CNCC(O)c1ccc(O)c2[nH]c(=O)ccc12. The molecule has 0 aliphatic heterocycles. The first-order valence-corrected chi connectivity index (χ1v) is 16.2.